The minimum Gasteiger partial charge on any atom is -0.499 e. The van der Waals surface area contributed by atoms with Crippen LogP contribution in [0.15, 0.2) is 45.7 Å². The van der Waals surface area contributed by atoms with Gasteiger partial charge in [-0.2, -0.15) is 0 Å². The Morgan fingerprint density at radius 3 is 2.10 bits per heavy atom. The highest BCUT2D eigenvalue weighted by Gasteiger charge is 2.43. The molecular formula is C25H37ClO4. The monoisotopic (exact) mass is 436 g/mol. The first-order chi connectivity index (χ1) is 14.1. The van der Waals surface area contributed by atoms with Gasteiger partial charge >= 0.3 is 5.97 Å². The summed E-state index contributed by atoms with van der Waals surface area (Å²) < 4.78 is 10.7. The first kappa shape index (κ1) is 26.2. The van der Waals surface area contributed by atoms with E-state index in [-0.39, 0.29) is 22.7 Å². The summed E-state index contributed by atoms with van der Waals surface area (Å²) in [5.74, 6) is -0.713. The Morgan fingerprint density at radius 1 is 1.00 bits per heavy atom. The Balaban J connectivity index is 2.77. The summed E-state index contributed by atoms with van der Waals surface area (Å²) in [5.41, 5.74) is 4.02. The van der Waals surface area contributed by atoms with Gasteiger partial charge in [0.05, 0.1) is 7.11 Å². The first-order valence-electron chi connectivity index (χ1n) is 10.7. The lowest BCUT2D eigenvalue weighted by Gasteiger charge is -2.35. The van der Waals surface area contributed by atoms with Gasteiger partial charge in [-0.25, -0.2) is 0 Å². The van der Waals surface area contributed by atoms with Crippen LogP contribution in [0.4, 0.5) is 0 Å². The van der Waals surface area contributed by atoms with Gasteiger partial charge in [-0.3, -0.25) is 9.59 Å². The van der Waals surface area contributed by atoms with Crippen molar-refractivity contribution in [3.05, 3.63) is 45.7 Å². The number of halogens is 1. The number of carbonyl (C=O) groups is 2. The Kier molecular flexibility index (Phi) is 11.2. The van der Waals surface area contributed by atoms with Crippen molar-refractivity contribution in [2.45, 2.75) is 79.8 Å². The fraction of sp³-hybridized carbons (Fsp3) is 0.600. The first-order valence-corrected chi connectivity index (χ1v) is 11.1. The minimum absolute atomic E-state index is 0.0296. The van der Waals surface area contributed by atoms with Crippen molar-refractivity contribution >= 4 is 23.4 Å². The van der Waals surface area contributed by atoms with Crippen LogP contribution in [0.1, 0.15) is 73.6 Å². The van der Waals surface area contributed by atoms with Gasteiger partial charge in [0.2, 0.25) is 5.78 Å². The van der Waals surface area contributed by atoms with Crippen LogP contribution in [0.25, 0.3) is 0 Å². The molecule has 0 spiro atoms. The van der Waals surface area contributed by atoms with Gasteiger partial charge < -0.3 is 9.47 Å². The van der Waals surface area contributed by atoms with E-state index in [1.54, 1.807) is 0 Å². The number of Topliss-reactive ketones (excluding diaryl/α,β-unsaturated/α-hetero) is 1. The lowest BCUT2D eigenvalue weighted by molar-refractivity contribution is -0.157. The van der Waals surface area contributed by atoms with Crippen molar-refractivity contribution < 1.29 is 19.1 Å². The van der Waals surface area contributed by atoms with Crippen LogP contribution in [0, 0.1) is 11.8 Å². The number of allylic oxidation sites excluding steroid dienone is 7. The lowest BCUT2D eigenvalue weighted by Crippen LogP contribution is -2.42. The van der Waals surface area contributed by atoms with Crippen molar-refractivity contribution in [3.8, 4) is 0 Å². The van der Waals surface area contributed by atoms with Crippen molar-refractivity contribution in [1.82, 2.24) is 0 Å². The average molecular weight is 437 g/mol. The normalized spacial score (nSPS) is 22.8. The van der Waals surface area contributed by atoms with E-state index in [0.717, 1.165) is 25.7 Å². The van der Waals surface area contributed by atoms with E-state index in [0.29, 0.717) is 12.2 Å². The van der Waals surface area contributed by atoms with Crippen molar-refractivity contribution in [1.29, 1.82) is 0 Å². The molecule has 0 aliphatic heterocycles. The Hall–Kier alpha value is -1.81. The fourth-order valence-corrected chi connectivity index (χ4v) is 4.05. The molecule has 0 aromatic carbocycles. The molecule has 3 atom stereocenters. The fourth-order valence-electron chi connectivity index (χ4n) is 3.70. The zero-order valence-electron chi connectivity index (χ0n) is 19.5. The van der Waals surface area contributed by atoms with Crippen LogP contribution >= 0.6 is 11.6 Å². The number of ketones is 1. The smallest absolute Gasteiger partial charge is 0.303 e. The number of carbonyl (C=O) groups excluding carboxylic acids is 2. The maximum absolute atomic E-state index is 12.6. The summed E-state index contributed by atoms with van der Waals surface area (Å²) in [7, 11) is 1.51. The molecule has 168 valence electrons. The summed E-state index contributed by atoms with van der Waals surface area (Å²) in [5, 5.41) is 0.0296. The molecule has 0 saturated heterocycles. The maximum Gasteiger partial charge on any atom is 0.303 e. The van der Waals surface area contributed by atoms with E-state index < -0.39 is 12.1 Å². The molecule has 30 heavy (non-hydrogen) atoms. The third-order valence-corrected chi connectivity index (χ3v) is 5.88. The highest BCUT2D eigenvalue weighted by Crippen LogP contribution is 2.38. The van der Waals surface area contributed by atoms with Gasteiger partial charge in [0.1, 0.15) is 10.8 Å². The van der Waals surface area contributed by atoms with Crippen LogP contribution in [0.3, 0.4) is 0 Å². The molecule has 5 heteroatoms. The molecule has 0 radical (unpaired) electrons. The largest absolute Gasteiger partial charge is 0.499 e. The standard InChI is InChI=1S/C25H37ClO4/c1-16(2)10-8-11-17(3)12-9-13-18(4)14-15-21-19(5)24(29-7)22(26)23(28)25(21)30-20(6)27/h10,12,14,19,21,25H,8-9,11,13,15H2,1-7H3/b17-12+,18-14+. The van der Waals surface area contributed by atoms with E-state index in [4.69, 9.17) is 21.1 Å². The number of ether oxygens (including phenoxy) is 2. The summed E-state index contributed by atoms with van der Waals surface area (Å²) in [4.78, 5) is 24.2. The quantitative estimate of drug-likeness (QED) is 0.284. The molecule has 0 saturated carbocycles. The average Bonchev–Trinajstić information content (AvgIpc) is 2.65. The van der Waals surface area contributed by atoms with Crippen LogP contribution in [0.2, 0.25) is 0 Å². The molecule has 0 aromatic heterocycles. The Morgan fingerprint density at radius 2 is 1.57 bits per heavy atom. The van der Waals surface area contributed by atoms with Crippen LogP contribution in [-0.2, 0) is 19.1 Å². The zero-order valence-corrected chi connectivity index (χ0v) is 20.3. The highest BCUT2D eigenvalue weighted by molar-refractivity contribution is 6.43. The van der Waals surface area contributed by atoms with E-state index in [1.165, 1.54) is 30.8 Å². The molecule has 0 amide bonds. The predicted octanol–water partition coefficient (Wildman–Crippen LogP) is 6.66. The van der Waals surface area contributed by atoms with Crippen LogP contribution in [0.5, 0.6) is 0 Å². The number of esters is 1. The minimum atomic E-state index is -0.870. The second kappa shape index (κ2) is 12.8. The second-order valence-corrected chi connectivity index (χ2v) is 8.80. The van der Waals surface area contributed by atoms with Gasteiger partial charge in [0.25, 0.3) is 0 Å². The molecule has 3 unspecified atom stereocenters. The molecule has 4 nitrogen and oxygen atoms in total. The summed E-state index contributed by atoms with van der Waals surface area (Å²) in [6, 6.07) is 0. The van der Waals surface area contributed by atoms with Crippen molar-refractivity contribution in [2.24, 2.45) is 11.8 Å². The van der Waals surface area contributed by atoms with Gasteiger partial charge in [0.15, 0.2) is 6.10 Å². The van der Waals surface area contributed by atoms with Gasteiger partial charge in [-0.05, 0) is 59.8 Å². The topological polar surface area (TPSA) is 52.6 Å². The van der Waals surface area contributed by atoms with Gasteiger partial charge in [-0.15, -0.1) is 0 Å². The van der Waals surface area contributed by atoms with Gasteiger partial charge in [-0.1, -0.05) is 53.5 Å². The van der Waals surface area contributed by atoms with Crippen molar-refractivity contribution in [2.75, 3.05) is 7.11 Å². The van der Waals surface area contributed by atoms with Crippen LogP contribution < -0.4 is 0 Å². The summed E-state index contributed by atoms with van der Waals surface area (Å²) in [6.45, 7) is 11.8. The molecule has 0 heterocycles. The SMILES string of the molecule is COC1=C(Cl)C(=O)C(OC(C)=O)C(C/C=C(\C)CC/C=C(\C)CCC=C(C)C)C1C. The third-order valence-electron chi connectivity index (χ3n) is 5.51. The molecule has 1 rings (SSSR count). The highest BCUT2D eigenvalue weighted by atomic mass is 35.5. The maximum atomic E-state index is 12.6. The molecule has 0 fully saturated rings. The number of rotatable bonds is 10. The number of hydrogen-bond acceptors (Lipinski definition) is 4. The molecule has 1 aliphatic rings. The van der Waals surface area contributed by atoms with Gasteiger partial charge in [0, 0.05) is 18.8 Å². The second-order valence-electron chi connectivity index (χ2n) is 8.42. The van der Waals surface area contributed by atoms with E-state index in [1.807, 2.05) is 6.92 Å². The molecule has 0 aromatic rings. The Labute approximate surface area is 187 Å². The van der Waals surface area contributed by atoms with E-state index in [2.05, 4.69) is 45.9 Å². The number of hydrogen-bond donors (Lipinski definition) is 0. The lowest BCUT2D eigenvalue weighted by atomic mass is 9.78. The molecule has 1 aliphatic carbocycles. The molecule has 0 bridgehead atoms. The van der Waals surface area contributed by atoms with Crippen molar-refractivity contribution in [3.63, 3.8) is 0 Å². The van der Waals surface area contributed by atoms with E-state index in [9.17, 15) is 9.59 Å². The molecular weight excluding hydrogens is 400 g/mol. The zero-order chi connectivity index (χ0) is 22.8. The van der Waals surface area contributed by atoms with E-state index >= 15 is 0 Å². The molecule has 0 N–H and O–H groups in total. The Bertz CT molecular complexity index is 738. The summed E-state index contributed by atoms with van der Waals surface area (Å²) >= 11 is 6.17. The third kappa shape index (κ3) is 8.14. The van der Waals surface area contributed by atoms with Crippen LogP contribution in [-0.4, -0.2) is 25.0 Å². The predicted molar refractivity (Wildman–Crippen MR) is 123 cm³/mol. The number of methoxy groups -OCH3 is 1. The summed E-state index contributed by atoms with van der Waals surface area (Å²) in [6.07, 6.45) is 10.6.